The van der Waals surface area contributed by atoms with Crippen molar-refractivity contribution in [3.8, 4) is 0 Å². The van der Waals surface area contributed by atoms with Gasteiger partial charge in [-0.3, -0.25) is 0 Å². The molecule has 5 heteroatoms. The first-order chi connectivity index (χ1) is 8.20. The van der Waals surface area contributed by atoms with Crippen LogP contribution in [0.25, 0.3) is 0 Å². The predicted molar refractivity (Wildman–Crippen MR) is 83.6 cm³/mol. The van der Waals surface area contributed by atoms with E-state index in [1.54, 1.807) is 0 Å². The molecule has 18 heavy (non-hydrogen) atoms. The molecule has 1 aromatic rings. The van der Waals surface area contributed by atoms with Gasteiger partial charge >= 0.3 is 0 Å². The highest BCUT2D eigenvalue weighted by molar-refractivity contribution is 7.98. The van der Waals surface area contributed by atoms with Gasteiger partial charge in [-0.15, -0.1) is 12.4 Å². The van der Waals surface area contributed by atoms with Gasteiger partial charge in [-0.05, 0) is 48.1 Å². The molecule has 0 unspecified atom stereocenters. The van der Waals surface area contributed by atoms with E-state index < -0.39 is 0 Å². The van der Waals surface area contributed by atoms with Crippen LogP contribution >= 0.6 is 47.4 Å². The number of hydrogen-bond donors (Lipinski definition) is 1. The van der Waals surface area contributed by atoms with Crippen LogP contribution in [0.1, 0.15) is 5.56 Å². The van der Waals surface area contributed by atoms with Gasteiger partial charge in [0.1, 0.15) is 0 Å². The molecule has 2 fully saturated rings. The Bertz CT molecular complexity index is 454. The van der Waals surface area contributed by atoms with Gasteiger partial charge in [0.15, 0.2) is 0 Å². The molecular weight excluding hydrogens is 309 g/mol. The molecule has 0 bridgehead atoms. The summed E-state index contributed by atoms with van der Waals surface area (Å²) in [7, 11) is 0. The molecule has 1 heterocycles. The van der Waals surface area contributed by atoms with Crippen molar-refractivity contribution in [2.75, 3.05) is 25.1 Å². The van der Waals surface area contributed by atoms with Crippen LogP contribution in [0.15, 0.2) is 18.2 Å². The SMILES string of the molecule is CSC[C@H]1[C@@H]2CNC[C@@]21c1ccc(Cl)c(Cl)c1.Cl. The zero-order chi connectivity index (χ0) is 12.0. The first-order valence-electron chi connectivity index (χ1n) is 5.85. The van der Waals surface area contributed by atoms with E-state index in [4.69, 9.17) is 23.2 Å². The van der Waals surface area contributed by atoms with Gasteiger partial charge in [-0.2, -0.15) is 11.8 Å². The fourth-order valence-corrected chi connectivity index (χ4v) is 4.57. The first-order valence-corrected chi connectivity index (χ1v) is 8.00. The van der Waals surface area contributed by atoms with E-state index in [1.807, 2.05) is 17.8 Å². The summed E-state index contributed by atoms with van der Waals surface area (Å²) < 4.78 is 0. The molecule has 3 rings (SSSR count). The average Bonchev–Trinajstić information content (AvgIpc) is 2.72. The molecule has 0 spiro atoms. The predicted octanol–water partition coefficient (Wildman–Crippen LogP) is 3.87. The maximum Gasteiger partial charge on any atom is 0.0595 e. The van der Waals surface area contributed by atoms with Crippen molar-refractivity contribution in [1.29, 1.82) is 0 Å². The Hall–Kier alpha value is 0.400. The molecule has 1 aliphatic carbocycles. The lowest BCUT2D eigenvalue weighted by Gasteiger charge is -2.16. The number of rotatable bonds is 3. The smallest absolute Gasteiger partial charge is 0.0595 e. The molecule has 1 saturated carbocycles. The Labute approximate surface area is 128 Å². The Morgan fingerprint density at radius 2 is 2.17 bits per heavy atom. The maximum absolute atomic E-state index is 6.14. The minimum Gasteiger partial charge on any atom is -0.316 e. The monoisotopic (exact) mass is 323 g/mol. The highest BCUT2D eigenvalue weighted by Crippen LogP contribution is 2.63. The number of halogens is 3. The van der Waals surface area contributed by atoms with Crippen LogP contribution in [0.3, 0.4) is 0 Å². The van der Waals surface area contributed by atoms with E-state index >= 15 is 0 Å². The van der Waals surface area contributed by atoms with Crippen LogP contribution < -0.4 is 5.32 Å². The van der Waals surface area contributed by atoms with E-state index in [0.29, 0.717) is 15.5 Å². The van der Waals surface area contributed by atoms with E-state index in [9.17, 15) is 0 Å². The number of thioether (sulfide) groups is 1. The highest BCUT2D eigenvalue weighted by atomic mass is 35.5. The third-order valence-electron chi connectivity index (χ3n) is 4.28. The molecule has 1 aromatic carbocycles. The molecule has 0 aromatic heterocycles. The van der Waals surface area contributed by atoms with Gasteiger partial charge in [-0.25, -0.2) is 0 Å². The van der Waals surface area contributed by atoms with Crippen LogP contribution in [-0.2, 0) is 5.41 Å². The lowest BCUT2D eigenvalue weighted by atomic mass is 9.93. The second kappa shape index (κ2) is 5.41. The summed E-state index contributed by atoms with van der Waals surface area (Å²) >= 11 is 14.1. The van der Waals surface area contributed by atoms with E-state index in [1.165, 1.54) is 11.3 Å². The van der Waals surface area contributed by atoms with Gasteiger partial charge in [-0.1, -0.05) is 29.3 Å². The number of hydrogen-bond acceptors (Lipinski definition) is 2. The van der Waals surface area contributed by atoms with Crippen molar-refractivity contribution in [3.05, 3.63) is 33.8 Å². The minimum absolute atomic E-state index is 0. The molecule has 1 N–H and O–H groups in total. The average molecular weight is 325 g/mol. The summed E-state index contributed by atoms with van der Waals surface area (Å²) in [5, 5.41) is 4.83. The third-order valence-corrected chi connectivity index (χ3v) is 5.72. The summed E-state index contributed by atoms with van der Waals surface area (Å²) in [5.41, 5.74) is 1.69. The minimum atomic E-state index is 0. The Morgan fingerprint density at radius 1 is 1.39 bits per heavy atom. The Kier molecular flexibility index (Phi) is 4.45. The summed E-state index contributed by atoms with van der Waals surface area (Å²) in [6, 6.07) is 6.14. The third kappa shape index (κ3) is 2.06. The standard InChI is InChI=1S/C13H15Cl2NS.ClH/c1-17-6-10-9-5-16-7-13(9,10)8-2-3-11(14)12(15)4-8;/h2-4,9-10,16H,5-7H2,1H3;1H/t9-,10-,13+;/m0./s1. The molecule has 1 nitrogen and oxygen atoms in total. The molecule has 1 saturated heterocycles. The quantitative estimate of drug-likeness (QED) is 0.906. The van der Waals surface area contributed by atoms with Crippen LogP contribution in [-0.4, -0.2) is 25.1 Å². The fraction of sp³-hybridized carbons (Fsp3) is 0.538. The van der Waals surface area contributed by atoms with E-state index in [0.717, 1.165) is 24.9 Å². The van der Waals surface area contributed by atoms with Gasteiger partial charge < -0.3 is 5.32 Å². The van der Waals surface area contributed by atoms with Gasteiger partial charge in [0.25, 0.3) is 0 Å². The maximum atomic E-state index is 6.14. The lowest BCUT2D eigenvalue weighted by Crippen LogP contribution is -2.24. The number of benzene rings is 1. The van der Waals surface area contributed by atoms with Gasteiger partial charge in [0, 0.05) is 12.0 Å². The number of fused-ring (bicyclic) bond motifs is 1. The van der Waals surface area contributed by atoms with Crippen molar-refractivity contribution in [1.82, 2.24) is 5.32 Å². The van der Waals surface area contributed by atoms with Crippen molar-refractivity contribution in [2.45, 2.75) is 5.41 Å². The van der Waals surface area contributed by atoms with Crippen LogP contribution in [0.4, 0.5) is 0 Å². The number of nitrogens with one attached hydrogen (secondary N) is 1. The van der Waals surface area contributed by atoms with E-state index in [-0.39, 0.29) is 12.4 Å². The van der Waals surface area contributed by atoms with Crippen molar-refractivity contribution >= 4 is 47.4 Å². The van der Waals surface area contributed by atoms with E-state index in [2.05, 4.69) is 23.7 Å². The van der Waals surface area contributed by atoms with Crippen molar-refractivity contribution < 1.29 is 0 Å². The van der Waals surface area contributed by atoms with Crippen molar-refractivity contribution in [2.24, 2.45) is 11.8 Å². The summed E-state index contributed by atoms with van der Waals surface area (Å²) in [5.74, 6) is 2.83. The number of piperidine rings is 1. The molecule has 0 radical (unpaired) electrons. The molecule has 1 aliphatic heterocycles. The van der Waals surface area contributed by atoms with Crippen LogP contribution in [0, 0.1) is 11.8 Å². The molecular formula is C13H16Cl3NS. The lowest BCUT2D eigenvalue weighted by molar-refractivity contribution is 0.596. The Morgan fingerprint density at radius 3 is 2.83 bits per heavy atom. The zero-order valence-electron chi connectivity index (χ0n) is 10.1. The van der Waals surface area contributed by atoms with Crippen LogP contribution in [0.2, 0.25) is 10.0 Å². The summed E-state index contributed by atoms with van der Waals surface area (Å²) in [6.07, 6.45) is 2.18. The molecule has 3 atom stereocenters. The first kappa shape index (κ1) is 14.8. The highest BCUT2D eigenvalue weighted by Gasteiger charge is 2.66. The fourth-order valence-electron chi connectivity index (χ4n) is 3.39. The van der Waals surface area contributed by atoms with Gasteiger partial charge in [0.2, 0.25) is 0 Å². The van der Waals surface area contributed by atoms with Gasteiger partial charge in [0.05, 0.1) is 10.0 Å². The van der Waals surface area contributed by atoms with Crippen LogP contribution in [0.5, 0.6) is 0 Å². The molecule has 0 amide bonds. The Balaban J connectivity index is 0.00000120. The zero-order valence-corrected chi connectivity index (χ0v) is 13.2. The largest absolute Gasteiger partial charge is 0.316 e. The topological polar surface area (TPSA) is 12.0 Å². The summed E-state index contributed by atoms with van der Waals surface area (Å²) in [4.78, 5) is 0. The second-order valence-electron chi connectivity index (χ2n) is 4.97. The second-order valence-corrected chi connectivity index (χ2v) is 6.69. The normalized spacial score (nSPS) is 32.8. The van der Waals surface area contributed by atoms with Crippen molar-refractivity contribution in [3.63, 3.8) is 0 Å². The molecule has 2 aliphatic rings. The summed E-state index contributed by atoms with van der Waals surface area (Å²) in [6.45, 7) is 2.23. The molecule has 100 valence electrons.